The second kappa shape index (κ2) is 10.7. The Morgan fingerprint density at radius 2 is 1.56 bits per heavy atom. The molecule has 12 heteroatoms. The lowest BCUT2D eigenvalue weighted by Crippen LogP contribution is -2.30. The Balaban J connectivity index is 1.94. The first-order chi connectivity index (χ1) is 15.2. The number of amides is 1. The van der Waals surface area contributed by atoms with Gasteiger partial charge in [0.2, 0.25) is 0 Å². The molecule has 0 spiro atoms. The van der Waals surface area contributed by atoms with Gasteiger partial charge in [0.15, 0.2) is 18.1 Å². The third kappa shape index (κ3) is 5.90. The third-order valence-electron chi connectivity index (χ3n) is 4.50. The predicted molar refractivity (Wildman–Crippen MR) is 111 cm³/mol. The summed E-state index contributed by atoms with van der Waals surface area (Å²) < 4.78 is 15.2. The molecule has 0 aliphatic carbocycles. The van der Waals surface area contributed by atoms with Crippen LogP contribution in [0.15, 0.2) is 30.3 Å². The summed E-state index contributed by atoms with van der Waals surface area (Å²) in [6, 6.07) is 7.06. The van der Waals surface area contributed by atoms with Crippen LogP contribution in [-0.4, -0.2) is 49.1 Å². The molecular weight excluding hydrogens is 426 g/mol. The number of nitrogens with zero attached hydrogens (tertiary/aromatic N) is 2. The normalized spacial score (nSPS) is 10.2. The van der Waals surface area contributed by atoms with Crippen LogP contribution in [0.25, 0.3) is 0 Å². The van der Waals surface area contributed by atoms with Crippen LogP contribution in [0.4, 0.5) is 11.4 Å². The highest BCUT2D eigenvalue weighted by Crippen LogP contribution is 2.30. The van der Waals surface area contributed by atoms with Crippen molar-refractivity contribution in [2.45, 2.75) is 13.3 Å². The molecule has 0 bridgehead atoms. The molecule has 0 aromatic heterocycles. The minimum absolute atomic E-state index is 0.190. The summed E-state index contributed by atoms with van der Waals surface area (Å²) in [7, 11) is 3.03. The number of nitro benzene ring substituents is 2. The van der Waals surface area contributed by atoms with Gasteiger partial charge < -0.3 is 19.5 Å². The van der Waals surface area contributed by atoms with Gasteiger partial charge in [-0.25, -0.2) is 4.79 Å². The maximum Gasteiger partial charge on any atom is 0.339 e. The summed E-state index contributed by atoms with van der Waals surface area (Å²) >= 11 is 0. The maximum atomic E-state index is 12.2. The van der Waals surface area contributed by atoms with Crippen molar-refractivity contribution in [3.8, 4) is 11.5 Å². The van der Waals surface area contributed by atoms with E-state index in [9.17, 15) is 29.8 Å². The number of benzene rings is 2. The lowest BCUT2D eigenvalue weighted by atomic mass is 10.1. The van der Waals surface area contributed by atoms with E-state index in [1.54, 1.807) is 12.1 Å². The van der Waals surface area contributed by atoms with Gasteiger partial charge in [-0.05, 0) is 31.0 Å². The van der Waals surface area contributed by atoms with Crippen LogP contribution in [0, 0.1) is 27.2 Å². The summed E-state index contributed by atoms with van der Waals surface area (Å²) in [5.41, 5.74) is -0.896. The summed E-state index contributed by atoms with van der Waals surface area (Å²) in [5.74, 6) is -0.573. The van der Waals surface area contributed by atoms with Crippen LogP contribution in [0.3, 0.4) is 0 Å². The van der Waals surface area contributed by atoms with Crippen molar-refractivity contribution < 1.29 is 33.6 Å². The summed E-state index contributed by atoms with van der Waals surface area (Å²) in [6.45, 7) is 0.796. The standard InChI is InChI=1S/C20H21N3O9/c1-12-15(22(26)27)9-14(10-16(12)23(28)29)20(25)32-11-19(24)21-7-6-13-4-5-17(30-2)18(8-13)31-3/h4-5,8-10H,6-7,11H2,1-3H3,(H,21,24). The van der Waals surface area contributed by atoms with E-state index < -0.39 is 45.3 Å². The van der Waals surface area contributed by atoms with E-state index >= 15 is 0 Å². The molecule has 2 aromatic rings. The first kappa shape index (κ1) is 24.1. The molecule has 0 saturated carbocycles. The van der Waals surface area contributed by atoms with Crippen LogP contribution in [0.2, 0.25) is 0 Å². The van der Waals surface area contributed by atoms with Crippen molar-refractivity contribution in [1.29, 1.82) is 0 Å². The van der Waals surface area contributed by atoms with Gasteiger partial charge in [-0.1, -0.05) is 6.07 Å². The average molecular weight is 447 g/mol. The fourth-order valence-corrected chi connectivity index (χ4v) is 2.83. The fourth-order valence-electron chi connectivity index (χ4n) is 2.83. The Hall–Kier alpha value is -4.22. The van der Waals surface area contributed by atoms with E-state index in [1.807, 2.05) is 6.07 Å². The van der Waals surface area contributed by atoms with Gasteiger partial charge in [-0.3, -0.25) is 25.0 Å². The zero-order valence-electron chi connectivity index (χ0n) is 17.6. The molecule has 0 atom stereocenters. The molecule has 32 heavy (non-hydrogen) atoms. The number of hydrogen-bond donors (Lipinski definition) is 1. The zero-order valence-corrected chi connectivity index (χ0v) is 17.6. The Labute approximate surface area is 182 Å². The fraction of sp³-hybridized carbons (Fsp3) is 0.300. The van der Waals surface area contributed by atoms with E-state index in [2.05, 4.69) is 5.32 Å². The van der Waals surface area contributed by atoms with Crippen LogP contribution in [-0.2, 0) is 16.0 Å². The molecule has 0 saturated heterocycles. The van der Waals surface area contributed by atoms with Crippen LogP contribution < -0.4 is 14.8 Å². The van der Waals surface area contributed by atoms with Gasteiger partial charge in [-0.2, -0.15) is 0 Å². The van der Waals surface area contributed by atoms with Crippen molar-refractivity contribution >= 4 is 23.3 Å². The van der Waals surface area contributed by atoms with Gasteiger partial charge in [0, 0.05) is 18.7 Å². The molecule has 1 N–H and O–H groups in total. The Bertz CT molecular complexity index is 1020. The molecule has 0 heterocycles. The van der Waals surface area contributed by atoms with Crippen molar-refractivity contribution in [3.63, 3.8) is 0 Å². The maximum absolute atomic E-state index is 12.2. The van der Waals surface area contributed by atoms with Gasteiger partial charge in [0.1, 0.15) is 5.56 Å². The summed E-state index contributed by atoms with van der Waals surface area (Å²) in [4.78, 5) is 44.6. The second-order valence-corrected chi connectivity index (χ2v) is 6.52. The number of nitro groups is 2. The molecule has 170 valence electrons. The molecule has 0 fully saturated rings. The predicted octanol–water partition coefficient (Wildman–Crippen LogP) is 2.34. The van der Waals surface area contributed by atoms with Crippen molar-refractivity contribution in [1.82, 2.24) is 5.32 Å². The highest BCUT2D eigenvalue weighted by Gasteiger charge is 2.26. The number of rotatable bonds is 10. The van der Waals surface area contributed by atoms with Gasteiger partial charge >= 0.3 is 5.97 Å². The molecule has 0 unspecified atom stereocenters. The van der Waals surface area contributed by atoms with Gasteiger partial charge in [-0.15, -0.1) is 0 Å². The van der Waals surface area contributed by atoms with Gasteiger partial charge in [0.25, 0.3) is 17.3 Å². The Morgan fingerprint density at radius 1 is 0.969 bits per heavy atom. The third-order valence-corrected chi connectivity index (χ3v) is 4.50. The van der Waals surface area contributed by atoms with Crippen LogP contribution in [0.5, 0.6) is 11.5 Å². The highest BCUT2D eigenvalue weighted by atomic mass is 16.6. The van der Waals surface area contributed by atoms with Crippen LogP contribution in [0.1, 0.15) is 21.5 Å². The zero-order chi connectivity index (χ0) is 23.8. The monoisotopic (exact) mass is 447 g/mol. The molecule has 2 rings (SSSR count). The SMILES string of the molecule is COc1ccc(CCNC(=O)COC(=O)c2cc([N+](=O)[O-])c(C)c([N+](=O)[O-])c2)cc1OC. The molecule has 0 aliphatic rings. The van der Waals surface area contributed by atoms with E-state index in [0.29, 0.717) is 17.9 Å². The van der Waals surface area contributed by atoms with Crippen molar-refractivity contribution in [2.75, 3.05) is 27.4 Å². The highest BCUT2D eigenvalue weighted by molar-refractivity contribution is 5.93. The smallest absolute Gasteiger partial charge is 0.339 e. The number of hydrogen-bond acceptors (Lipinski definition) is 9. The molecule has 12 nitrogen and oxygen atoms in total. The molecule has 2 aromatic carbocycles. The second-order valence-electron chi connectivity index (χ2n) is 6.52. The first-order valence-electron chi connectivity index (χ1n) is 9.26. The molecule has 0 radical (unpaired) electrons. The summed E-state index contributed by atoms with van der Waals surface area (Å²) in [5, 5.41) is 24.8. The molecule has 0 aliphatic heterocycles. The topological polar surface area (TPSA) is 160 Å². The number of methoxy groups -OCH3 is 2. The quantitative estimate of drug-likeness (QED) is 0.327. The lowest BCUT2D eigenvalue weighted by molar-refractivity contribution is -0.395. The van der Waals surface area contributed by atoms with E-state index in [1.165, 1.54) is 21.1 Å². The number of carbonyl (C=O) groups excluding carboxylic acids is 2. The number of nitrogens with one attached hydrogen (secondary N) is 1. The summed E-state index contributed by atoms with van der Waals surface area (Å²) in [6.07, 6.45) is 0.469. The Kier molecular flexibility index (Phi) is 8.04. The number of carbonyl (C=O) groups is 2. The van der Waals surface area contributed by atoms with E-state index in [-0.39, 0.29) is 12.1 Å². The number of esters is 1. The van der Waals surface area contributed by atoms with Crippen molar-refractivity contribution in [3.05, 3.63) is 67.3 Å². The van der Waals surface area contributed by atoms with E-state index in [4.69, 9.17) is 14.2 Å². The largest absolute Gasteiger partial charge is 0.493 e. The van der Waals surface area contributed by atoms with Crippen molar-refractivity contribution in [2.24, 2.45) is 0 Å². The first-order valence-corrected chi connectivity index (χ1v) is 9.26. The Morgan fingerprint density at radius 3 is 2.09 bits per heavy atom. The molecule has 1 amide bonds. The average Bonchev–Trinajstić information content (AvgIpc) is 2.76. The number of ether oxygens (including phenoxy) is 3. The minimum atomic E-state index is -1.09. The van der Waals surface area contributed by atoms with Crippen LogP contribution >= 0.6 is 0 Å². The minimum Gasteiger partial charge on any atom is -0.493 e. The molecular formula is C20H21N3O9. The lowest BCUT2D eigenvalue weighted by Gasteiger charge is -2.10. The van der Waals surface area contributed by atoms with Gasteiger partial charge in [0.05, 0.1) is 29.6 Å². The van der Waals surface area contributed by atoms with E-state index in [0.717, 1.165) is 17.7 Å².